The molecule has 0 fully saturated rings. The van der Waals surface area contributed by atoms with E-state index < -0.39 is 0 Å². The van der Waals surface area contributed by atoms with Crippen molar-refractivity contribution in [3.63, 3.8) is 0 Å². The van der Waals surface area contributed by atoms with Crippen LogP contribution < -0.4 is 0 Å². The lowest BCUT2D eigenvalue weighted by Gasteiger charge is -2.03. The molecule has 0 unspecified atom stereocenters. The van der Waals surface area contributed by atoms with Gasteiger partial charge >= 0.3 is 0 Å². The number of allylic oxidation sites excluding steroid dienone is 1. The average Bonchev–Trinajstić information content (AvgIpc) is 2.21. The fourth-order valence-corrected chi connectivity index (χ4v) is 1.68. The molecule has 92 valence electrons. The molecule has 0 aliphatic rings. The van der Waals surface area contributed by atoms with Crippen LogP contribution in [0.5, 0.6) is 0 Å². The third kappa shape index (κ3) is 4.19. The van der Waals surface area contributed by atoms with Crippen LogP contribution >= 0.6 is 11.6 Å². The van der Waals surface area contributed by atoms with Crippen LogP contribution in [0.15, 0.2) is 23.9 Å². The van der Waals surface area contributed by atoms with Crippen LogP contribution in [-0.4, -0.2) is 4.92 Å². The Labute approximate surface area is 106 Å². The summed E-state index contributed by atoms with van der Waals surface area (Å²) in [6.45, 7) is 5.82. The average molecular weight is 254 g/mol. The maximum absolute atomic E-state index is 10.9. The Morgan fingerprint density at radius 1 is 1.53 bits per heavy atom. The summed E-state index contributed by atoms with van der Waals surface area (Å²) >= 11 is 5.98. The SMILES string of the molecule is Cc1ccc(/C=C(/CC(C)C)[N+](=O)[O-])cc1Cl. The van der Waals surface area contributed by atoms with Crippen molar-refractivity contribution in [3.8, 4) is 0 Å². The summed E-state index contributed by atoms with van der Waals surface area (Å²) in [4.78, 5) is 10.6. The Kier molecular flexibility index (Phi) is 4.70. The predicted molar refractivity (Wildman–Crippen MR) is 70.6 cm³/mol. The van der Waals surface area contributed by atoms with Crippen LogP contribution in [0.25, 0.3) is 6.08 Å². The topological polar surface area (TPSA) is 43.1 Å². The standard InChI is InChI=1S/C13H16ClNO2/c1-9(2)6-12(15(16)17)7-11-5-4-10(3)13(14)8-11/h4-5,7-9H,6H2,1-3H3/b12-7-. The second-order valence-corrected chi connectivity index (χ2v) is 4.91. The molecule has 0 aromatic heterocycles. The molecule has 3 nitrogen and oxygen atoms in total. The number of halogens is 1. The van der Waals surface area contributed by atoms with Crippen LogP contribution in [0.2, 0.25) is 5.02 Å². The van der Waals surface area contributed by atoms with Gasteiger partial charge < -0.3 is 0 Å². The lowest BCUT2D eigenvalue weighted by molar-refractivity contribution is -0.427. The summed E-state index contributed by atoms with van der Waals surface area (Å²) in [6, 6.07) is 5.45. The van der Waals surface area contributed by atoms with E-state index in [2.05, 4.69) is 0 Å². The number of nitrogens with zero attached hydrogens (tertiary/aromatic N) is 1. The van der Waals surface area contributed by atoms with Gasteiger partial charge in [0.05, 0.1) is 4.92 Å². The number of aryl methyl sites for hydroxylation is 1. The van der Waals surface area contributed by atoms with Gasteiger partial charge in [0.25, 0.3) is 0 Å². The monoisotopic (exact) mass is 253 g/mol. The van der Waals surface area contributed by atoms with E-state index in [0.717, 1.165) is 11.1 Å². The Bertz CT molecular complexity index is 453. The maximum Gasteiger partial charge on any atom is 0.247 e. The highest BCUT2D eigenvalue weighted by atomic mass is 35.5. The van der Waals surface area contributed by atoms with E-state index in [1.807, 2.05) is 32.9 Å². The maximum atomic E-state index is 10.9. The zero-order valence-corrected chi connectivity index (χ0v) is 11.0. The van der Waals surface area contributed by atoms with Gasteiger partial charge in [-0.1, -0.05) is 37.6 Å². The molecule has 0 aliphatic heterocycles. The largest absolute Gasteiger partial charge is 0.259 e. The molecule has 4 heteroatoms. The molecular weight excluding hydrogens is 238 g/mol. The van der Waals surface area contributed by atoms with E-state index in [-0.39, 0.29) is 16.5 Å². The van der Waals surface area contributed by atoms with Crippen molar-refractivity contribution in [2.24, 2.45) is 5.92 Å². The van der Waals surface area contributed by atoms with Crippen LogP contribution in [0.3, 0.4) is 0 Å². The Morgan fingerprint density at radius 3 is 2.65 bits per heavy atom. The zero-order valence-electron chi connectivity index (χ0n) is 10.2. The molecule has 0 aliphatic carbocycles. The molecule has 0 N–H and O–H groups in total. The molecule has 1 aromatic rings. The highest BCUT2D eigenvalue weighted by Crippen LogP contribution is 2.20. The predicted octanol–water partition coefficient (Wildman–Crippen LogP) is 4.31. The summed E-state index contributed by atoms with van der Waals surface area (Å²) in [5.74, 6) is 0.257. The molecule has 1 aromatic carbocycles. The van der Waals surface area contributed by atoms with Gasteiger partial charge in [0, 0.05) is 17.5 Å². The summed E-state index contributed by atoms with van der Waals surface area (Å²) in [5.41, 5.74) is 1.96. The highest BCUT2D eigenvalue weighted by molar-refractivity contribution is 6.31. The first-order chi connectivity index (χ1) is 7.90. The molecule has 0 heterocycles. The van der Waals surface area contributed by atoms with Gasteiger partial charge in [-0.25, -0.2) is 0 Å². The zero-order chi connectivity index (χ0) is 13.0. The molecule has 0 radical (unpaired) electrons. The highest BCUT2D eigenvalue weighted by Gasteiger charge is 2.13. The van der Waals surface area contributed by atoms with E-state index in [0.29, 0.717) is 11.4 Å². The number of hydrogen-bond acceptors (Lipinski definition) is 2. The number of hydrogen-bond donors (Lipinski definition) is 0. The lowest BCUT2D eigenvalue weighted by Crippen LogP contribution is -2.02. The van der Waals surface area contributed by atoms with Crippen molar-refractivity contribution in [1.82, 2.24) is 0 Å². The molecule has 0 amide bonds. The van der Waals surface area contributed by atoms with E-state index in [9.17, 15) is 10.1 Å². The van der Waals surface area contributed by atoms with Gasteiger partial charge in [-0.2, -0.15) is 0 Å². The van der Waals surface area contributed by atoms with Crippen LogP contribution in [0.4, 0.5) is 0 Å². The first kappa shape index (κ1) is 13.7. The van der Waals surface area contributed by atoms with Crippen molar-refractivity contribution < 1.29 is 4.92 Å². The van der Waals surface area contributed by atoms with E-state index in [1.54, 1.807) is 12.1 Å². The fraction of sp³-hybridized carbons (Fsp3) is 0.385. The fourth-order valence-electron chi connectivity index (χ4n) is 1.50. The summed E-state index contributed by atoms with van der Waals surface area (Å²) in [7, 11) is 0. The van der Waals surface area contributed by atoms with Crippen LogP contribution in [0, 0.1) is 23.0 Å². The molecule has 0 saturated carbocycles. The van der Waals surface area contributed by atoms with Crippen molar-refractivity contribution in [1.29, 1.82) is 0 Å². The van der Waals surface area contributed by atoms with Gasteiger partial charge in [-0.15, -0.1) is 0 Å². The van der Waals surface area contributed by atoms with Gasteiger partial charge in [0.1, 0.15) is 0 Å². The van der Waals surface area contributed by atoms with Crippen molar-refractivity contribution in [2.75, 3.05) is 0 Å². The Balaban J connectivity index is 3.04. The molecule has 0 spiro atoms. The van der Waals surface area contributed by atoms with Crippen molar-refractivity contribution in [2.45, 2.75) is 27.2 Å². The second-order valence-electron chi connectivity index (χ2n) is 4.50. The van der Waals surface area contributed by atoms with E-state index in [1.165, 1.54) is 0 Å². The number of benzene rings is 1. The first-order valence-corrected chi connectivity index (χ1v) is 5.89. The summed E-state index contributed by atoms with van der Waals surface area (Å²) < 4.78 is 0. The van der Waals surface area contributed by atoms with Crippen molar-refractivity contribution in [3.05, 3.63) is 50.2 Å². The van der Waals surface area contributed by atoms with Gasteiger partial charge in [-0.3, -0.25) is 10.1 Å². The molecular formula is C13H16ClNO2. The third-order valence-corrected chi connectivity index (χ3v) is 2.79. The summed E-state index contributed by atoms with van der Waals surface area (Å²) in [5, 5.41) is 11.5. The number of rotatable bonds is 4. The molecule has 0 atom stereocenters. The number of nitro groups is 1. The van der Waals surface area contributed by atoms with E-state index >= 15 is 0 Å². The van der Waals surface area contributed by atoms with Crippen LogP contribution in [-0.2, 0) is 0 Å². The van der Waals surface area contributed by atoms with Gasteiger partial charge in [0.2, 0.25) is 5.70 Å². The minimum absolute atomic E-state index is 0.222. The second kappa shape index (κ2) is 5.82. The van der Waals surface area contributed by atoms with Crippen molar-refractivity contribution >= 4 is 17.7 Å². The smallest absolute Gasteiger partial charge is 0.247 e. The van der Waals surface area contributed by atoms with E-state index in [4.69, 9.17) is 11.6 Å². The minimum Gasteiger partial charge on any atom is -0.259 e. The molecule has 1 rings (SSSR count). The van der Waals surface area contributed by atoms with Crippen LogP contribution in [0.1, 0.15) is 31.4 Å². The van der Waals surface area contributed by atoms with Gasteiger partial charge in [-0.05, 0) is 30.0 Å². The third-order valence-electron chi connectivity index (χ3n) is 2.38. The molecule has 0 bridgehead atoms. The molecule has 0 saturated heterocycles. The Hall–Kier alpha value is -1.35. The summed E-state index contributed by atoms with van der Waals surface area (Å²) in [6.07, 6.45) is 2.05. The normalized spacial score (nSPS) is 11.9. The quantitative estimate of drug-likeness (QED) is 0.593. The Morgan fingerprint density at radius 2 is 2.18 bits per heavy atom. The minimum atomic E-state index is -0.326. The lowest BCUT2D eigenvalue weighted by atomic mass is 10.1. The van der Waals surface area contributed by atoms with Gasteiger partial charge in [0.15, 0.2) is 0 Å². The molecule has 17 heavy (non-hydrogen) atoms. The first-order valence-electron chi connectivity index (χ1n) is 5.51.